The van der Waals surface area contributed by atoms with Crippen LogP contribution in [0.2, 0.25) is 0 Å². The summed E-state index contributed by atoms with van der Waals surface area (Å²) in [5.74, 6) is 0.294. The Morgan fingerprint density at radius 1 is 1.41 bits per heavy atom. The number of nitrogen functional groups attached to an aromatic ring is 1. The zero-order chi connectivity index (χ0) is 12.4. The summed E-state index contributed by atoms with van der Waals surface area (Å²) in [6.45, 7) is 0. The van der Waals surface area contributed by atoms with E-state index in [1.807, 2.05) is 0 Å². The molecule has 0 fully saturated rings. The van der Waals surface area contributed by atoms with Gasteiger partial charge in [-0.2, -0.15) is 0 Å². The van der Waals surface area contributed by atoms with Gasteiger partial charge in [0.05, 0.1) is 0 Å². The standard InChI is InChI=1S/C8H7IN5O3/c10-8-4-1-6(14(15)16)7(17-9-11)2-5(4)12-3-13-8/h1-3H,11H2,(H2,10,12,13)/q-1. The maximum atomic E-state index is 10.9. The van der Waals surface area contributed by atoms with Gasteiger partial charge >= 0.3 is 106 Å². The van der Waals surface area contributed by atoms with E-state index in [1.54, 1.807) is 0 Å². The molecule has 4 N–H and O–H groups in total. The minimum atomic E-state index is -1.06. The van der Waals surface area contributed by atoms with Gasteiger partial charge < -0.3 is 0 Å². The summed E-state index contributed by atoms with van der Waals surface area (Å²) in [4.78, 5) is 18.0. The Balaban J connectivity index is 2.72. The van der Waals surface area contributed by atoms with E-state index in [1.165, 1.54) is 18.5 Å². The zero-order valence-electron chi connectivity index (χ0n) is 8.33. The molecule has 1 aromatic heterocycles. The van der Waals surface area contributed by atoms with Gasteiger partial charge in [0.1, 0.15) is 0 Å². The fraction of sp³-hybridized carbons (Fsp3) is 0. The van der Waals surface area contributed by atoms with Crippen LogP contribution in [0.15, 0.2) is 18.5 Å². The Kier molecular flexibility index (Phi) is 3.19. The van der Waals surface area contributed by atoms with Gasteiger partial charge in [-0.3, -0.25) is 0 Å². The van der Waals surface area contributed by atoms with Gasteiger partial charge in [-0.05, 0) is 0 Å². The number of benzene rings is 1. The van der Waals surface area contributed by atoms with Crippen LogP contribution in [0, 0.1) is 10.1 Å². The first-order valence-electron chi connectivity index (χ1n) is 4.32. The molecule has 0 aliphatic carbocycles. The van der Waals surface area contributed by atoms with Crippen LogP contribution in [0.25, 0.3) is 10.9 Å². The number of aromatic nitrogens is 2. The van der Waals surface area contributed by atoms with Crippen molar-refractivity contribution in [2.45, 2.75) is 0 Å². The molecule has 0 aliphatic rings. The number of nitro groups is 1. The van der Waals surface area contributed by atoms with Crippen molar-refractivity contribution in [1.82, 2.24) is 9.97 Å². The van der Waals surface area contributed by atoms with E-state index in [4.69, 9.17) is 12.7 Å². The van der Waals surface area contributed by atoms with E-state index in [0.717, 1.165) is 0 Å². The quantitative estimate of drug-likeness (QED) is 0.269. The Bertz CT molecular complexity index is 591. The van der Waals surface area contributed by atoms with Crippen LogP contribution in [0.5, 0.6) is 5.75 Å². The molecule has 2 rings (SSSR count). The summed E-state index contributed by atoms with van der Waals surface area (Å²) < 4.78 is 10.4. The number of hydrogen-bond donors (Lipinski definition) is 2. The SMILES string of the molecule is N[I-]Oc1cc2ncnc(N)c2cc1[N+](=O)[O-]. The number of anilines is 1. The van der Waals surface area contributed by atoms with Crippen LogP contribution in [-0.4, -0.2) is 14.9 Å². The summed E-state index contributed by atoms with van der Waals surface area (Å²) in [5, 5.41) is 11.3. The van der Waals surface area contributed by atoms with Crippen molar-refractivity contribution in [3.8, 4) is 5.75 Å². The number of nitrogens with zero attached hydrogens (tertiary/aromatic N) is 3. The summed E-state index contributed by atoms with van der Waals surface area (Å²) in [7, 11) is 0. The number of nitrogens with two attached hydrogens (primary N) is 2. The topological polar surface area (TPSA) is 130 Å². The minimum absolute atomic E-state index is 0.107. The van der Waals surface area contributed by atoms with Gasteiger partial charge in [-0.1, -0.05) is 0 Å². The molecule has 0 unspecified atom stereocenters. The fourth-order valence-electron chi connectivity index (χ4n) is 1.34. The summed E-state index contributed by atoms with van der Waals surface area (Å²) in [6.07, 6.45) is 1.28. The molecule has 8 nitrogen and oxygen atoms in total. The molecule has 9 heteroatoms. The van der Waals surface area contributed by atoms with Crippen molar-refractivity contribution in [2.24, 2.45) is 3.95 Å². The number of hydrogen-bond acceptors (Lipinski definition) is 7. The molecule has 0 saturated carbocycles. The molecule has 1 heterocycles. The zero-order valence-corrected chi connectivity index (χ0v) is 10.5. The molecule has 0 bridgehead atoms. The first kappa shape index (κ1) is 11.7. The van der Waals surface area contributed by atoms with Crippen LogP contribution in [-0.2, 0) is 0 Å². The van der Waals surface area contributed by atoms with Crippen LogP contribution >= 0.6 is 0 Å². The van der Waals surface area contributed by atoms with Crippen LogP contribution in [0.3, 0.4) is 0 Å². The van der Waals surface area contributed by atoms with Gasteiger partial charge in [0.15, 0.2) is 0 Å². The Morgan fingerprint density at radius 2 is 2.18 bits per heavy atom. The summed E-state index contributed by atoms with van der Waals surface area (Å²) >= 11 is -1.06. The Labute approximate surface area is 106 Å². The van der Waals surface area contributed by atoms with Crippen molar-refractivity contribution in [3.05, 3.63) is 28.6 Å². The third-order valence-electron chi connectivity index (χ3n) is 2.07. The van der Waals surface area contributed by atoms with Crippen molar-refractivity contribution in [1.29, 1.82) is 0 Å². The Hall–Kier alpha value is -1.75. The molecular weight excluding hydrogens is 341 g/mol. The van der Waals surface area contributed by atoms with Crippen molar-refractivity contribution < 1.29 is 29.9 Å². The second-order valence-electron chi connectivity index (χ2n) is 3.02. The van der Waals surface area contributed by atoms with Crippen molar-refractivity contribution in [3.63, 3.8) is 0 Å². The third-order valence-corrected chi connectivity index (χ3v) is 2.80. The predicted octanol–water partition coefficient (Wildman–Crippen LogP) is -2.62. The van der Waals surface area contributed by atoms with Crippen molar-refractivity contribution >= 4 is 22.4 Å². The monoisotopic (exact) mass is 348 g/mol. The van der Waals surface area contributed by atoms with E-state index in [9.17, 15) is 10.1 Å². The molecule has 0 spiro atoms. The van der Waals surface area contributed by atoms with Crippen LogP contribution in [0.4, 0.5) is 11.5 Å². The molecule has 0 saturated heterocycles. The van der Waals surface area contributed by atoms with Gasteiger partial charge in [0, 0.05) is 0 Å². The molecule has 1 aromatic carbocycles. The molecule has 0 aliphatic heterocycles. The molecule has 0 amide bonds. The average molecular weight is 348 g/mol. The molecule has 0 atom stereocenters. The van der Waals surface area contributed by atoms with Crippen LogP contribution < -0.4 is 34.6 Å². The number of rotatable bonds is 3. The molecule has 0 radical (unpaired) electrons. The maximum absolute atomic E-state index is 10.9. The number of nitro benzene ring substituents is 1. The molecular formula is C8H7IN5O3-. The molecule has 90 valence electrons. The normalized spacial score (nSPS) is 10.6. The van der Waals surface area contributed by atoms with E-state index in [0.29, 0.717) is 10.9 Å². The fourth-order valence-corrected chi connectivity index (χ4v) is 1.97. The summed E-state index contributed by atoms with van der Waals surface area (Å²) in [6, 6.07) is 2.73. The first-order valence-corrected chi connectivity index (χ1v) is 6.45. The average Bonchev–Trinajstić information content (AvgIpc) is 2.29. The first-order chi connectivity index (χ1) is 8.13. The van der Waals surface area contributed by atoms with E-state index in [-0.39, 0.29) is 17.3 Å². The van der Waals surface area contributed by atoms with Gasteiger partial charge in [0.2, 0.25) is 0 Å². The molecule has 17 heavy (non-hydrogen) atoms. The second-order valence-corrected chi connectivity index (χ2v) is 3.97. The van der Waals surface area contributed by atoms with Gasteiger partial charge in [-0.25, -0.2) is 0 Å². The van der Waals surface area contributed by atoms with Crippen LogP contribution in [0.1, 0.15) is 0 Å². The van der Waals surface area contributed by atoms with E-state index < -0.39 is 26.8 Å². The third kappa shape index (κ3) is 2.19. The second kappa shape index (κ2) is 4.63. The number of fused-ring (bicyclic) bond motifs is 1. The van der Waals surface area contributed by atoms with Crippen molar-refractivity contribution in [2.75, 3.05) is 5.73 Å². The molecule has 2 aromatic rings. The predicted molar refractivity (Wildman–Crippen MR) is 55.4 cm³/mol. The Morgan fingerprint density at radius 3 is 2.82 bits per heavy atom. The summed E-state index contributed by atoms with van der Waals surface area (Å²) in [5.41, 5.74) is 5.91. The van der Waals surface area contributed by atoms with E-state index in [2.05, 4.69) is 9.97 Å². The number of halogens is 1. The van der Waals surface area contributed by atoms with E-state index >= 15 is 0 Å². The van der Waals surface area contributed by atoms with Gasteiger partial charge in [0.25, 0.3) is 0 Å². The van der Waals surface area contributed by atoms with Gasteiger partial charge in [-0.15, -0.1) is 0 Å².